The summed E-state index contributed by atoms with van der Waals surface area (Å²) in [5.41, 5.74) is 6.45. The lowest BCUT2D eigenvalue weighted by molar-refractivity contribution is 0.256. The maximum atomic E-state index is 12.8. The van der Waals surface area contributed by atoms with Crippen molar-refractivity contribution in [1.29, 1.82) is 0 Å². The summed E-state index contributed by atoms with van der Waals surface area (Å²) in [6, 6.07) is 13.8. The van der Waals surface area contributed by atoms with Crippen LogP contribution in [0.4, 0.5) is 21.9 Å². The van der Waals surface area contributed by atoms with Gasteiger partial charge in [-0.1, -0.05) is 47.5 Å². The molecule has 0 aliphatic heterocycles. The smallest absolute Gasteiger partial charge is 0.323 e. The number of nitrogens with zero attached hydrogens (tertiary/aromatic N) is 1. The third-order valence-electron chi connectivity index (χ3n) is 3.62. The Bertz CT molecular complexity index is 1150. The fraction of sp³-hybridized carbons (Fsp3) is 0. The van der Waals surface area contributed by atoms with E-state index in [0.29, 0.717) is 10.2 Å². The molecule has 0 saturated heterocycles. The molecule has 0 atom stereocenters. The number of rotatable bonds is 5. The summed E-state index contributed by atoms with van der Waals surface area (Å²) in [6.07, 6.45) is 0. The molecule has 2 aromatic carbocycles. The first-order valence-electron chi connectivity index (χ1n) is 7.61. The van der Waals surface area contributed by atoms with Gasteiger partial charge in [-0.15, -0.1) is 11.3 Å². The van der Waals surface area contributed by atoms with Crippen molar-refractivity contribution in [2.75, 3.05) is 9.62 Å². The molecule has 2 amide bonds. The number of nitrogens with two attached hydrogens (primary N) is 1. The lowest BCUT2D eigenvalue weighted by Crippen LogP contribution is -2.32. The highest BCUT2D eigenvalue weighted by Crippen LogP contribution is 2.39. The number of para-hydroxylation sites is 3. The van der Waals surface area contributed by atoms with Crippen LogP contribution in [-0.2, 0) is 10.0 Å². The van der Waals surface area contributed by atoms with Crippen LogP contribution in [0.2, 0.25) is 8.67 Å². The number of benzene rings is 2. The van der Waals surface area contributed by atoms with Crippen LogP contribution in [0.3, 0.4) is 0 Å². The Morgan fingerprint density at radius 1 is 1.07 bits per heavy atom. The number of sulfonamides is 1. The van der Waals surface area contributed by atoms with Crippen LogP contribution in [-0.4, -0.2) is 14.4 Å². The number of halogens is 3. The average Bonchev–Trinajstić information content (AvgIpc) is 2.97. The number of carbonyl (C=O) groups excluding carboxylic acids is 1. The molecule has 1 heterocycles. The van der Waals surface area contributed by atoms with Gasteiger partial charge >= 0.3 is 6.03 Å². The molecule has 3 rings (SSSR count). The number of hydrogen-bond donors (Lipinski definition) is 2. The van der Waals surface area contributed by atoms with Gasteiger partial charge in [-0.25, -0.2) is 13.2 Å². The van der Waals surface area contributed by atoms with Crippen molar-refractivity contribution in [2.45, 2.75) is 4.90 Å². The Hall–Kier alpha value is -1.78. The van der Waals surface area contributed by atoms with Gasteiger partial charge in [0, 0.05) is 4.47 Å². The zero-order valence-electron chi connectivity index (χ0n) is 13.9. The Morgan fingerprint density at radius 3 is 2.25 bits per heavy atom. The molecule has 0 radical (unpaired) electrons. The van der Waals surface area contributed by atoms with Gasteiger partial charge < -0.3 is 5.73 Å². The van der Waals surface area contributed by atoms with Crippen molar-refractivity contribution in [3.05, 3.63) is 67.7 Å². The molecule has 0 bridgehead atoms. The first-order chi connectivity index (χ1) is 13.2. The number of carbonyl (C=O) groups is 1. The van der Waals surface area contributed by atoms with Gasteiger partial charge in [0.1, 0.15) is 9.23 Å². The molecule has 146 valence electrons. The predicted molar refractivity (Wildman–Crippen MR) is 117 cm³/mol. The number of anilines is 3. The van der Waals surface area contributed by atoms with Crippen molar-refractivity contribution < 1.29 is 13.2 Å². The minimum Gasteiger partial charge on any atom is -0.351 e. The summed E-state index contributed by atoms with van der Waals surface area (Å²) in [4.78, 5) is 13.3. The monoisotopic (exact) mass is 519 g/mol. The van der Waals surface area contributed by atoms with E-state index in [1.165, 1.54) is 17.0 Å². The van der Waals surface area contributed by atoms with Crippen LogP contribution in [0.1, 0.15) is 0 Å². The highest BCUT2D eigenvalue weighted by atomic mass is 79.9. The van der Waals surface area contributed by atoms with Gasteiger partial charge in [-0.05, 0) is 46.3 Å². The fourth-order valence-corrected chi connectivity index (χ4v) is 6.15. The van der Waals surface area contributed by atoms with Crippen LogP contribution in [0.25, 0.3) is 0 Å². The largest absolute Gasteiger partial charge is 0.351 e. The van der Waals surface area contributed by atoms with Gasteiger partial charge in [0.2, 0.25) is 0 Å². The Labute approximate surface area is 184 Å². The predicted octanol–water partition coefficient (Wildman–Crippen LogP) is 5.84. The lowest BCUT2D eigenvalue weighted by Gasteiger charge is -2.24. The average molecular weight is 521 g/mol. The van der Waals surface area contributed by atoms with E-state index in [1.54, 1.807) is 42.5 Å². The van der Waals surface area contributed by atoms with E-state index in [9.17, 15) is 13.2 Å². The molecular formula is C17H12BrCl2N3O3S2. The van der Waals surface area contributed by atoms with E-state index in [4.69, 9.17) is 28.9 Å². The van der Waals surface area contributed by atoms with E-state index in [0.717, 1.165) is 11.3 Å². The standard InChI is InChI=1S/C17H12BrCl2N3O3S2/c18-10-5-1-3-7-12(10)23(17(21)24)13-8-4-2-6-11(13)22-28(25,26)14-9-15(19)27-16(14)20/h1-9,22H,(H2,21,24). The maximum Gasteiger partial charge on any atom is 0.323 e. The SMILES string of the molecule is NC(=O)N(c1ccccc1Br)c1ccccc1NS(=O)(=O)c1cc(Cl)sc1Cl. The van der Waals surface area contributed by atoms with Gasteiger partial charge in [-0.3, -0.25) is 9.62 Å². The van der Waals surface area contributed by atoms with E-state index < -0.39 is 16.1 Å². The number of primary amides is 1. The van der Waals surface area contributed by atoms with Crippen molar-refractivity contribution in [3.8, 4) is 0 Å². The topological polar surface area (TPSA) is 92.5 Å². The summed E-state index contributed by atoms with van der Waals surface area (Å²) in [5.74, 6) is 0. The molecule has 0 fully saturated rings. The second-order valence-corrected chi connectivity index (χ2v) is 10.2. The highest BCUT2D eigenvalue weighted by Gasteiger charge is 2.25. The minimum atomic E-state index is -4.04. The van der Waals surface area contributed by atoms with E-state index in [-0.39, 0.29) is 24.9 Å². The quantitative estimate of drug-likeness (QED) is 0.442. The molecule has 6 nitrogen and oxygen atoms in total. The summed E-state index contributed by atoms with van der Waals surface area (Å²) < 4.78 is 28.9. The first kappa shape index (κ1) is 20.9. The van der Waals surface area contributed by atoms with E-state index in [1.807, 2.05) is 0 Å². The molecule has 0 saturated carbocycles. The summed E-state index contributed by atoms with van der Waals surface area (Å²) in [7, 11) is -4.04. The van der Waals surface area contributed by atoms with E-state index in [2.05, 4.69) is 20.7 Å². The molecule has 3 N–H and O–H groups in total. The van der Waals surface area contributed by atoms with Crippen molar-refractivity contribution >= 4 is 83.6 Å². The zero-order valence-corrected chi connectivity index (χ0v) is 18.6. The normalized spacial score (nSPS) is 11.2. The molecule has 0 unspecified atom stereocenters. The Morgan fingerprint density at radius 2 is 1.68 bits per heavy atom. The summed E-state index contributed by atoms with van der Waals surface area (Å²) in [6.45, 7) is 0. The second-order valence-electron chi connectivity index (χ2n) is 5.44. The van der Waals surface area contributed by atoms with E-state index >= 15 is 0 Å². The minimum absolute atomic E-state index is 0.0348. The maximum absolute atomic E-state index is 12.8. The summed E-state index contributed by atoms with van der Waals surface area (Å²) >= 11 is 16.2. The molecular weight excluding hydrogens is 509 g/mol. The van der Waals surface area contributed by atoms with Gasteiger partial charge in [0.05, 0.1) is 21.4 Å². The molecule has 0 aliphatic rings. The number of nitrogens with one attached hydrogen (secondary N) is 1. The van der Waals surface area contributed by atoms with Crippen LogP contribution >= 0.6 is 50.5 Å². The van der Waals surface area contributed by atoms with Crippen molar-refractivity contribution in [3.63, 3.8) is 0 Å². The Kier molecular flexibility index (Phi) is 6.21. The Balaban J connectivity index is 2.09. The highest BCUT2D eigenvalue weighted by molar-refractivity contribution is 9.10. The molecule has 1 aromatic heterocycles. The van der Waals surface area contributed by atoms with Gasteiger partial charge in [-0.2, -0.15) is 0 Å². The van der Waals surface area contributed by atoms with Gasteiger partial charge in [0.15, 0.2) is 0 Å². The molecule has 0 aliphatic carbocycles. The molecule has 3 aromatic rings. The lowest BCUT2D eigenvalue weighted by atomic mass is 10.2. The molecule has 28 heavy (non-hydrogen) atoms. The van der Waals surface area contributed by atoms with Crippen LogP contribution in [0.5, 0.6) is 0 Å². The third kappa shape index (κ3) is 4.28. The third-order valence-corrected chi connectivity index (χ3v) is 7.41. The molecule has 11 heteroatoms. The van der Waals surface area contributed by atoms with Gasteiger partial charge in [0.25, 0.3) is 10.0 Å². The van der Waals surface area contributed by atoms with Crippen LogP contribution in [0.15, 0.2) is 64.0 Å². The second kappa shape index (κ2) is 8.30. The summed E-state index contributed by atoms with van der Waals surface area (Å²) in [5, 5.41) is 0. The number of amides is 2. The van der Waals surface area contributed by atoms with Crippen molar-refractivity contribution in [1.82, 2.24) is 0 Å². The number of thiophene rings is 1. The number of hydrogen-bond acceptors (Lipinski definition) is 4. The zero-order chi connectivity index (χ0) is 20.5. The van der Waals surface area contributed by atoms with Crippen molar-refractivity contribution in [2.24, 2.45) is 5.73 Å². The fourth-order valence-electron chi connectivity index (χ4n) is 2.46. The van der Waals surface area contributed by atoms with Crippen LogP contribution in [0, 0.1) is 0 Å². The number of urea groups is 1. The first-order valence-corrected chi connectivity index (χ1v) is 11.5. The van der Waals surface area contributed by atoms with Crippen LogP contribution < -0.4 is 15.4 Å². The molecule has 0 spiro atoms.